The maximum Gasteiger partial charge on any atom is 0.419 e. The van der Waals surface area contributed by atoms with E-state index in [1.807, 2.05) is 0 Å². The number of nitrogens with zero attached hydrogens (tertiary/aromatic N) is 1. The van der Waals surface area contributed by atoms with E-state index in [2.05, 4.69) is 0 Å². The summed E-state index contributed by atoms with van der Waals surface area (Å²) < 4.78 is 30.9. The van der Waals surface area contributed by atoms with Gasteiger partial charge in [-0.25, -0.2) is 13.6 Å². The van der Waals surface area contributed by atoms with Crippen LogP contribution in [0, 0.1) is 0 Å². The molecule has 0 amide bonds. The van der Waals surface area contributed by atoms with Crippen LogP contribution in [0.4, 0.5) is 8.78 Å². The Hall–Kier alpha value is -1.36. The predicted molar refractivity (Wildman–Crippen MR) is 56.1 cm³/mol. The summed E-state index contributed by atoms with van der Waals surface area (Å²) in [4.78, 5) is 11.2. The number of halogens is 3. The van der Waals surface area contributed by atoms with Crippen LogP contribution in [0.3, 0.4) is 0 Å². The molecule has 0 radical (unpaired) electrons. The van der Waals surface area contributed by atoms with E-state index >= 15 is 0 Å². The highest BCUT2D eigenvalue weighted by atomic mass is 35.5. The molecule has 6 heteroatoms. The molecule has 0 N–H and O–H groups in total. The molecule has 3 nitrogen and oxygen atoms in total. The highest BCUT2D eigenvalue weighted by molar-refractivity contribution is 6.21. The largest absolute Gasteiger partial charge is 0.419 e. The van der Waals surface area contributed by atoms with Crippen LogP contribution in [-0.2, 0) is 7.05 Å². The molecular formula is C10H8ClF2NO2. The zero-order chi connectivity index (χ0) is 11.9. The molecular weight excluding hydrogens is 240 g/mol. The Kier molecular flexibility index (Phi) is 2.71. The van der Waals surface area contributed by atoms with Crippen molar-refractivity contribution in [1.29, 1.82) is 0 Å². The maximum absolute atomic E-state index is 12.4. The Morgan fingerprint density at radius 3 is 2.75 bits per heavy atom. The SMILES string of the molecule is Cn1c(=O)oc2cc(C(Cl)C(F)F)ccc21. The third-order valence-corrected chi connectivity index (χ3v) is 2.80. The Balaban J connectivity index is 2.57. The fraction of sp³-hybridized carbons (Fsp3) is 0.300. The number of aryl methyl sites for hydroxylation is 1. The summed E-state index contributed by atoms with van der Waals surface area (Å²) in [5, 5.41) is -1.39. The number of hydrogen-bond donors (Lipinski definition) is 0. The second kappa shape index (κ2) is 3.90. The first-order chi connectivity index (χ1) is 7.50. The molecule has 0 aliphatic heterocycles. The zero-order valence-corrected chi connectivity index (χ0v) is 9.04. The quantitative estimate of drug-likeness (QED) is 0.765. The minimum absolute atomic E-state index is 0.235. The van der Waals surface area contributed by atoms with Crippen molar-refractivity contribution in [1.82, 2.24) is 4.57 Å². The molecule has 1 heterocycles. The van der Waals surface area contributed by atoms with Crippen LogP contribution in [0.5, 0.6) is 0 Å². The molecule has 16 heavy (non-hydrogen) atoms. The van der Waals surface area contributed by atoms with Gasteiger partial charge in [-0.1, -0.05) is 6.07 Å². The molecule has 1 atom stereocenters. The normalized spacial score (nSPS) is 13.6. The highest BCUT2D eigenvalue weighted by Crippen LogP contribution is 2.29. The molecule has 0 bridgehead atoms. The van der Waals surface area contributed by atoms with E-state index in [9.17, 15) is 13.6 Å². The molecule has 0 saturated carbocycles. The topological polar surface area (TPSA) is 35.1 Å². The van der Waals surface area contributed by atoms with Crippen LogP contribution < -0.4 is 5.76 Å². The Morgan fingerprint density at radius 2 is 2.12 bits per heavy atom. The first-order valence-corrected chi connectivity index (χ1v) is 4.96. The maximum atomic E-state index is 12.4. The Labute approximate surface area is 94.2 Å². The first kappa shape index (κ1) is 11.1. The van der Waals surface area contributed by atoms with E-state index in [1.54, 1.807) is 7.05 Å². The Morgan fingerprint density at radius 1 is 1.44 bits per heavy atom. The van der Waals surface area contributed by atoms with Crippen molar-refractivity contribution in [2.75, 3.05) is 0 Å². The van der Waals surface area contributed by atoms with Crippen LogP contribution in [-0.4, -0.2) is 11.0 Å². The van der Waals surface area contributed by atoms with Gasteiger partial charge in [0.2, 0.25) is 0 Å². The number of fused-ring (bicyclic) bond motifs is 1. The van der Waals surface area contributed by atoms with Gasteiger partial charge < -0.3 is 4.42 Å². The summed E-state index contributed by atoms with van der Waals surface area (Å²) >= 11 is 5.51. The van der Waals surface area contributed by atoms with Crippen LogP contribution in [0.15, 0.2) is 27.4 Å². The summed E-state index contributed by atoms with van der Waals surface area (Å²) in [6.45, 7) is 0. The van der Waals surface area contributed by atoms with Gasteiger partial charge in [-0.15, -0.1) is 11.6 Å². The number of hydrogen-bond acceptors (Lipinski definition) is 2. The summed E-state index contributed by atoms with van der Waals surface area (Å²) in [6.07, 6.45) is -2.66. The Bertz CT molecular complexity index is 576. The molecule has 1 unspecified atom stereocenters. The lowest BCUT2D eigenvalue weighted by molar-refractivity contribution is 0.143. The van der Waals surface area contributed by atoms with Crippen molar-refractivity contribution < 1.29 is 13.2 Å². The average Bonchev–Trinajstić information content (AvgIpc) is 2.53. The zero-order valence-electron chi connectivity index (χ0n) is 8.28. The molecule has 0 aliphatic carbocycles. The summed E-state index contributed by atoms with van der Waals surface area (Å²) in [6, 6.07) is 4.36. The van der Waals surface area contributed by atoms with E-state index in [1.165, 1.54) is 22.8 Å². The van der Waals surface area contributed by atoms with Gasteiger partial charge in [0.1, 0.15) is 5.38 Å². The van der Waals surface area contributed by atoms with Gasteiger partial charge in [-0.3, -0.25) is 4.57 Å². The molecule has 0 fully saturated rings. The van der Waals surface area contributed by atoms with Crippen molar-refractivity contribution in [3.05, 3.63) is 34.3 Å². The molecule has 1 aromatic heterocycles. The fourth-order valence-electron chi connectivity index (χ4n) is 1.47. The minimum Gasteiger partial charge on any atom is -0.408 e. The lowest BCUT2D eigenvalue weighted by Gasteiger charge is -2.07. The second-order valence-corrected chi connectivity index (χ2v) is 3.86. The molecule has 2 rings (SSSR count). The molecule has 0 aliphatic rings. The first-order valence-electron chi connectivity index (χ1n) is 4.52. The number of benzene rings is 1. The monoisotopic (exact) mass is 247 g/mol. The van der Waals surface area contributed by atoms with Gasteiger partial charge in [0.15, 0.2) is 5.58 Å². The van der Waals surface area contributed by atoms with Crippen molar-refractivity contribution in [2.24, 2.45) is 7.05 Å². The van der Waals surface area contributed by atoms with Crippen molar-refractivity contribution in [3.8, 4) is 0 Å². The van der Waals surface area contributed by atoms with Gasteiger partial charge in [-0.2, -0.15) is 0 Å². The van der Waals surface area contributed by atoms with Crippen molar-refractivity contribution in [3.63, 3.8) is 0 Å². The number of aromatic nitrogens is 1. The lowest BCUT2D eigenvalue weighted by Crippen LogP contribution is -2.08. The van der Waals surface area contributed by atoms with E-state index in [4.69, 9.17) is 16.0 Å². The van der Waals surface area contributed by atoms with Gasteiger partial charge in [0, 0.05) is 7.05 Å². The molecule has 86 valence electrons. The lowest BCUT2D eigenvalue weighted by atomic mass is 10.1. The van der Waals surface area contributed by atoms with Crippen LogP contribution >= 0.6 is 11.6 Å². The van der Waals surface area contributed by atoms with E-state index < -0.39 is 17.6 Å². The summed E-state index contributed by atoms with van der Waals surface area (Å²) in [7, 11) is 1.54. The van der Waals surface area contributed by atoms with Crippen molar-refractivity contribution >= 4 is 22.7 Å². The highest BCUT2D eigenvalue weighted by Gasteiger charge is 2.20. The number of oxazole rings is 1. The minimum atomic E-state index is -2.66. The van der Waals surface area contributed by atoms with Gasteiger partial charge in [0.05, 0.1) is 5.52 Å². The third kappa shape index (κ3) is 1.71. The standard InChI is InChI=1S/C10H8ClF2NO2/c1-14-6-3-2-5(8(11)9(12)13)4-7(6)16-10(14)15/h2-4,8-9H,1H3. The molecule has 1 aromatic carbocycles. The van der Waals surface area contributed by atoms with Crippen LogP contribution in [0.25, 0.3) is 11.1 Å². The fourth-order valence-corrected chi connectivity index (χ4v) is 1.60. The van der Waals surface area contributed by atoms with Gasteiger partial charge in [-0.05, 0) is 17.7 Å². The van der Waals surface area contributed by atoms with Crippen molar-refractivity contribution in [2.45, 2.75) is 11.8 Å². The van der Waals surface area contributed by atoms with Gasteiger partial charge >= 0.3 is 5.76 Å². The predicted octanol–water partition coefficient (Wildman–Crippen LogP) is 2.68. The number of rotatable bonds is 2. The second-order valence-electron chi connectivity index (χ2n) is 3.39. The van der Waals surface area contributed by atoms with Gasteiger partial charge in [0.25, 0.3) is 6.43 Å². The van der Waals surface area contributed by atoms with E-state index in [-0.39, 0.29) is 11.1 Å². The molecule has 2 aromatic rings. The van der Waals surface area contributed by atoms with E-state index in [0.717, 1.165) is 0 Å². The third-order valence-electron chi connectivity index (χ3n) is 2.36. The average molecular weight is 248 g/mol. The molecule has 0 spiro atoms. The smallest absolute Gasteiger partial charge is 0.408 e. The number of alkyl halides is 3. The summed E-state index contributed by atoms with van der Waals surface area (Å²) in [5.41, 5.74) is 1.04. The molecule has 0 saturated heterocycles. The van der Waals surface area contributed by atoms with E-state index in [0.29, 0.717) is 5.52 Å². The van der Waals surface area contributed by atoms with Crippen LogP contribution in [0.2, 0.25) is 0 Å². The van der Waals surface area contributed by atoms with Crippen LogP contribution in [0.1, 0.15) is 10.9 Å². The summed E-state index contributed by atoms with van der Waals surface area (Å²) in [5.74, 6) is -0.532.